The van der Waals surface area contributed by atoms with Crippen LogP contribution >= 0.6 is 11.3 Å². The van der Waals surface area contributed by atoms with E-state index in [4.69, 9.17) is 4.74 Å². The van der Waals surface area contributed by atoms with Gasteiger partial charge in [-0.2, -0.15) is 5.26 Å². The highest BCUT2D eigenvalue weighted by Crippen LogP contribution is 2.40. The minimum absolute atomic E-state index is 0.00342. The van der Waals surface area contributed by atoms with Crippen LogP contribution in [-0.4, -0.2) is 39.1 Å². The maximum absolute atomic E-state index is 11.4. The lowest BCUT2D eigenvalue weighted by atomic mass is 10.0. The van der Waals surface area contributed by atoms with Crippen LogP contribution in [0.4, 0.5) is 0 Å². The summed E-state index contributed by atoms with van der Waals surface area (Å²) in [5.41, 5.74) is 5.08. The van der Waals surface area contributed by atoms with Crippen molar-refractivity contribution in [2.45, 2.75) is 38.8 Å². The highest BCUT2D eigenvalue weighted by Gasteiger charge is 2.26. The lowest BCUT2D eigenvalue weighted by molar-refractivity contribution is 0.242. The molecule has 0 saturated heterocycles. The summed E-state index contributed by atoms with van der Waals surface area (Å²) in [6, 6.07) is 14.4. The number of nitriles is 1. The molecule has 0 bridgehead atoms. The van der Waals surface area contributed by atoms with E-state index in [0.29, 0.717) is 17.1 Å². The van der Waals surface area contributed by atoms with Gasteiger partial charge in [0.1, 0.15) is 21.8 Å². The molecule has 2 atom stereocenters. The minimum Gasteiger partial charge on any atom is -0.490 e. The van der Waals surface area contributed by atoms with Gasteiger partial charge in [0.05, 0.1) is 11.7 Å². The predicted octanol–water partition coefficient (Wildman–Crippen LogP) is 4.49. The molecule has 4 rings (SSSR count). The fourth-order valence-corrected chi connectivity index (χ4v) is 5.30. The first kappa shape index (κ1) is 22.6. The third kappa shape index (κ3) is 4.90. The summed E-state index contributed by atoms with van der Waals surface area (Å²) >= 11 is 1.53. The Bertz CT molecular complexity index is 1180. The number of benzene rings is 2. The first-order valence-electron chi connectivity index (χ1n) is 10.7. The second-order valence-electron chi connectivity index (χ2n) is 8.10. The molecule has 1 heterocycles. The number of hydrogen-bond acceptors (Lipinski definition) is 7. The third-order valence-electron chi connectivity index (χ3n) is 5.42. The standard InChI is InChI=1S/C24H26N4O2S2/c1-15(2)30-22-10-7-16(13-17(22)14-25)23-27-28-24(31-23)20-6-4-5-19-18(20)8-9-21(19)26-11-12-32(3)29/h4-7,10,13,15,21,26H,8-9,11-12H2,1-3H3. The smallest absolute Gasteiger partial charge is 0.148 e. The molecule has 1 N–H and O–H groups in total. The lowest BCUT2D eigenvalue weighted by Crippen LogP contribution is -2.24. The van der Waals surface area contributed by atoms with Gasteiger partial charge in [-0.25, -0.2) is 0 Å². The van der Waals surface area contributed by atoms with Crippen LogP contribution in [0, 0.1) is 11.3 Å². The van der Waals surface area contributed by atoms with Crippen molar-refractivity contribution in [1.82, 2.24) is 15.5 Å². The van der Waals surface area contributed by atoms with Crippen LogP contribution in [0.25, 0.3) is 21.1 Å². The molecule has 2 unspecified atom stereocenters. The molecule has 1 aliphatic carbocycles. The number of ether oxygens (including phenoxy) is 1. The first-order chi connectivity index (χ1) is 15.5. The fraction of sp³-hybridized carbons (Fsp3) is 0.375. The minimum atomic E-state index is -0.787. The summed E-state index contributed by atoms with van der Waals surface area (Å²) < 4.78 is 17.1. The molecule has 0 amide bonds. The molecule has 32 heavy (non-hydrogen) atoms. The number of hydrogen-bond donors (Lipinski definition) is 1. The van der Waals surface area contributed by atoms with Crippen LogP contribution in [0.5, 0.6) is 5.75 Å². The molecule has 0 spiro atoms. The molecular formula is C24H26N4O2S2. The second kappa shape index (κ2) is 9.90. The number of nitrogens with zero attached hydrogens (tertiary/aromatic N) is 3. The molecule has 0 saturated carbocycles. The summed E-state index contributed by atoms with van der Waals surface area (Å²) in [6.45, 7) is 4.63. The van der Waals surface area contributed by atoms with Crippen molar-refractivity contribution in [2.75, 3.05) is 18.6 Å². The molecule has 0 aliphatic heterocycles. The molecular weight excluding hydrogens is 440 g/mol. The Hall–Kier alpha value is -2.60. The molecule has 6 nitrogen and oxygen atoms in total. The molecule has 166 valence electrons. The van der Waals surface area contributed by atoms with Gasteiger partial charge in [-0.05, 0) is 56.0 Å². The fourth-order valence-electron chi connectivity index (χ4n) is 4.00. The number of rotatable bonds is 8. The highest BCUT2D eigenvalue weighted by molar-refractivity contribution is 7.84. The van der Waals surface area contributed by atoms with Gasteiger partial charge in [0.2, 0.25) is 0 Å². The molecule has 0 fully saturated rings. The summed E-state index contributed by atoms with van der Waals surface area (Å²) in [6.07, 6.45) is 3.74. The van der Waals surface area contributed by atoms with Crippen molar-refractivity contribution >= 4 is 22.1 Å². The highest BCUT2D eigenvalue weighted by atomic mass is 32.2. The summed E-state index contributed by atoms with van der Waals surface area (Å²) in [4.78, 5) is 0. The Morgan fingerprint density at radius 1 is 1.28 bits per heavy atom. The average molecular weight is 467 g/mol. The largest absolute Gasteiger partial charge is 0.490 e. The molecule has 8 heteroatoms. The third-order valence-corrected chi connectivity index (χ3v) is 7.20. The van der Waals surface area contributed by atoms with Crippen LogP contribution in [-0.2, 0) is 17.2 Å². The summed E-state index contributed by atoms with van der Waals surface area (Å²) in [7, 11) is -0.787. The Kier molecular flexibility index (Phi) is 6.99. The summed E-state index contributed by atoms with van der Waals surface area (Å²) in [5, 5.41) is 23.6. The van der Waals surface area contributed by atoms with Gasteiger partial charge in [0.25, 0.3) is 0 Å². The van der Waals surface area contributed by atoms with Crippen LogP contribution in [0.1, 0.15) is 43.0 Å². The zero-order valence-corrected chi connectivity index (χ0v) is 20.1. The van der Waals surface area contributed by atoms with Gasteiger partial charge in [-0.3, -0.25) is 4.21 Å². The lowest BCUT2D eigenvalue weighted by Gasteiger charge is -2.14. The monoisotopic (exact) mass is 466 g/mol. The molecule has 1 aliphatic rings. The second-order valence-corrected chi connectivity index (χ2v) is 10.6. The zero-order chi connectivity index (χ0) is 22.7. The van der Waals surface area contributed by atoms with Crippen molar-refractivity contribution < 1.29 is 8.95 Å². The van der Waals surface area contributed by atoms with Gasteiger partial charge in [-0.15, -0.1) is 10.2 Å². The Morgan fingerprint density at radius 2 is 2.09 bits per heavy atom. The van der Waals surface area contributed by atoms with E-state index < -0.39 is 10.8 Å². The number of fused-ring (bicyclic) bond motifs is 1. The number of nitrogens with one attached hydrogen (secondary N) is 1. The van der Waals surface area contributed by atoms with Gasteiger partial charge < -0.3 is 10.1 Å². The van der Waals surface area contributed by atoms with E-state index in [0.717, 1.165) is 40.5 Å². The SMILES string of the molecule is CC(C)Oc1ccc(-c2nnc(-c3cccc4c3CCC4NCCS(C)=O)s2)cc1C#N. The average Bonchev–Trinajstić information content (AvgIpc) is 3.41. The van der Waals surface area contributed by atoms with E-state index >= 15 is 0 Å². The molecule has 1 aromatic heterocycles. The van der Waals surface area contributed by atoms with Crippen LogP contribution in [0.3, 0.4) is 0 Å². The maximum atomic E-state index is 11.4. The van der Waals surface area contributed by atoms with Crippen molar-refractivity contribution in [3.8, 4) is 33.0 Å². The normalized spacial score (nSPS) is 16.0. The topological polar surface area (TPSA) is 87.9 Å². The predicted molar refractivity (Wildman–Crippen MR) is 129 cm³/mol. The van der Waals surface area contributed by atoms with Crippen LogP contribution in [0.2, 0.25) is 0 Å². The molecule has 0 radical (unpaired) electrons. The Morgan fingerprint density at radius 3 is 2.84 bits per heavy atom. The summed E-state index contributed by atoms with van der Waals surface area (Å²) in [5.74, 6) is 1.25. The van der Waals surface area contributed by atoms with E-state index in [-0.39, 0.29) is 12.1 Å². The van der Waals surface area contributed by atoms with E-state index in [1.165, 1.54) is 22.5 Å². The molecule has 2 aromatic carbocycles. The van der Waals surface area contributed by atoms with Crippen molar-refractivity contribution in [3.05, 3.63) is 53.1 Å². The Balaban J connectivity index is 1.58. The van der Waals surface area contributed by atoms with Crippen LogP contribution < -0.4 is 10.1 Å². The maximum Gasteiger partial charge on any atom is 0.148 e. The quantitative estimate of drug-likeness (QED) is 0.526. The molecule has 3 aromatic rings. The number of aromatic nitrogens is 2. The van der Waals surface area contributed by atoms with Gasteiger partial charge in [-0.1, -0.05) is 29.5 Å². The van der Waals surface area contributed by atoms with E-state index in [2.05, 4.69) is 39.8 Å². The van der Waals surface area contributed by atoms with Crippen LogP contribution in [0.15, 0.2) is 36.4 Å². The van der Waals surface area contributed by atoms with E-state index in [1.54, 1.807) is 6.26 Å². The van der Waals surface area contributed by atoms with Gasteiger partial charge >= 0.3 is 0 Å². The van der Waals surface area contributed by atoms with Gasteiger partial charge in [0.15, 0.2) is 0 Å². The van der Waals surface area contributed by atoms with Gasteiger partial charge in [0, 0.05) is 46.5 Å². The van der Waals surface area contributed by atoms with E-state index in [1.807, 2.05) is 32.0 Å². The van der Waals surface area contributed by atoms with Crippen molar-refractivity contribution in [1.29, 1.82) is 5.26 Å². The first-order valence-corrected chi connectivity index (χ1v) is 13.2. The Labute approximate surface area is 195 Å². The zero-order valence-electron chi connectivity index (χ0n) is 18.4. The van der Waals surface area contributed by atoms with Crippen molar-refractivity contribution in [3.63, 3.8) is 0 Å². The van der Waals surface area contributed by atoms with Crippen molar-refractivity contribution in [2.24, 2.45) is 0 Å². The van der Waals surface area contributed by atoms with E-state index in [9.17, 15) is 9.47 Å².